The molecule has 4 aromatic rings. The number of aryl methyl sites for hydroxylation is 1. The van der Waals surface area contributed by atoms with Crippen LogP contribution in [0.2, 0.25) is 0 Å². The zero-order chi connectivity index (χ0) is 22.6. The number of nitrogens with one attached hydrogen (secondary N) is 1. The van der Waals surface area contributed by atoms with Gasteiger partial charge in [-0.15, -0.1) is 5.10 Å². The molecule has 0 atom stereocenters. The molecule has 0 aliphatic carbocycles. The van der Waals surface area contributed by atoms with Crippen molar-refractivity contribution in [3.8, 4) is 0 Å². The topological polar surface area (TPSA) is 91.5 Å². The Morgan fingerprint density at radius 1 is 1.00 bits per heavy atom. The van der Waals surface area contributed by atoms with Crippen LogP contribution in [-0.2, 0) is 6.42 Å². The molecule has 1 fully saturated rings. The van der Waals surface area contributed by atoms with Crippen LogP contribution in [0.25, 0.3) is 5.78 Å². The molecule has 168 valence electrons. The van der Waals surface area contributed by atoms with Crippen LogP contribution in [0.3, 0.4) is 0 Å². The summed E-state index contributed by atoms with van der Waals surface area (Å²) < 4.78 is 1.58. The van der Waals surface area contributed by atoms with E-state index in [1.165, 1.54) is 5.56 Å². The fourth-order valence-corrected chi connectivity index (χ4v) is 4.08. The van der Waals surface area contributed by atoms with Gasteiger partial charge in [0.25, 0.3) is 11.7 Å². The highest BCUT2D eigenvalue weighted by atomic mass is 16.2. The molecule has 1 aliphatic rings. The second-order valence-corrected chi connectivity index (χ2v) is 8.14. The van der Waals surface area contributed by atoms with Gasteiger partial charge in [-0.05, 0) is 49.2 Å². The molecular weight excluding hydrogens is 416 g/mol. The fraction of sp³-hybridized carbons (Fsp3) is 0.292. The smallest absolute Gasteiger partial charge is 0.295 e. The summed E-state index contributed by atoms with van der Waals surface area (Å²) in [6.45, 7) is 6.69. The average molecular weight is 443 g/mol. The van der Waals surface area contributed by atoms with Crippen molar-refractivity contribution in [1.82, 2.24) is 29.5 Å². The molecule has 5 rings (SSSR count). The minimum absolute atomic E-state index is 0.104. The Bertz CT molecular complexity index is 1250. The van der Waals surface area contributed by atoms with Gasteiger partial charge in [0.05, 0.1) is 11.4 Å². The lowest BCUT2D eigenvalue weighted by atomic mass is 10.1. The van der Waals surface area contributed by atoms with E-state index in [1.54, 1.807) is 10.7 Å². The van der Waals surface area contributed by atoms with E-state index in [0.29, 0.717) is 5.78 Å². The summed E-state index contributed by atoms with van der Waals surface area (Å²) >= 11 is 0. The van der Waals surface area contributed by atoms with Gasteiger partial charge in [0.1, 0.15) is 0 Å². The van der Waals surface area contributed by atoms with Gasteiger partial charge in [-0.25, -0.2) is 9.50 Å². The number of para-hydroxylation sites is 2. The van der Waals surface area contributed by atoms with Gasteiger partial charge in [-0.3, -0.25) is 14.7 Å². The average Bonchev–Trinajstić information content (AvgIpc) is 3.30. The largest absolute Gasteiger partial charge is 0.367 e. The third kappa shape index (κ3) is 4.68. The lowest BCUT2D eigenvalue weighted by Gasteiger charge is -2.37. The lowest BCUT2D eigenvalue weighted by Crippen LogP contribution is -2.47. The highest BCUT2D eigenvalue weighted by molar-refractivity contribution is 6.03. The molecule has 0 radical (unpaired) electrons. The Morgan fingerprint density at radius 2 is 1.79 bits per heavy atom. The van der Waals surface area contributed by atoms with Crippen molar-refractivity contribution in [2.45, 2.75) is 13.3 Å². The molecule has 1 N–H and O–H groups in total. The Hall–Kier alpha value is -3.85. The number of hydrogen-bond donors (Lipinski definition) is 1. The number of pyridine rings is 1. The number of benzene rings is 1. The Kier molecular flexibility index (Phi) is 5.95. The fourth-order valence-electron chi connectivity index (χ4n) is 4.08. The van der Waals surface area contributed by atoms with Gasteiger partial charge >= 0.3 is 0 Å². The van der Waals surface area contributed by atoms with E-state index in [1.807, 2.05) is 49.6 Å². The Morgan fingerprint density at radius 3 is 2.58 bits per heavy atom. The summed E-state index contributed by atoms with van der Waals surface area (Å²) in [5, 5.41) is 7.31. The predicted octanol–water partition coefficient (Wildman–Crippen LogP) is 2.44. The van der Waals surface area contributed by atoms with E-state index in [2.05, 4.69) is 47.3 Å². The molecule has 0 bridgehead atoms. The molecule has 1 aromatic carbocycles. The van der Waals surface area contributed by atoms with Gasteiger partial charge in [-0.2, -0.15) is 4.98 Å². The summed E-state index contributed by atoms with van der Waals surface area (Å²) in [7, 11) is 0. The van der Waals surface area contributed by atoms with Crippen molar-refractivity contribution in [2.24, 2.45) is 0 Å². The third-order valence-corrected chi connectivity index (χ3v) is 5.96. The van der Waals surface area contributed by atoms with Crippen LogP contribution in [-0.4, -0.2) is 68.1 Å². The Balaban J connectivity index is 1.23. The number of hydrogen-bond acceptors (Lipinski definition) is 7. The predicted molar refractivity (Wildman–Crippen MR) is 127 cm³/mol. The van der Waals surface area contributed by atoms with Crippen LogP contribution in [0.15, 0.2) is 61.1 Å². The van der Waals surface area contributed by atoms with Crippen molar-refractivity contribution in [3.05, 3.63) is 78.1 Å². The van der Waals surface area contributed by atoms with E-state index in [4.69, 9.17) is 0 Å². The molecule has 0 unspecified atom stereocenters. The second kappa shape index (κ2) is 9.33. The number of carbonyl (C=O) groups is 1. The quantitative estimate of drug-likeness (QED) is 0.490. The van der Waals surface area contributed by atoms with Gasteiger partial charge < -0.3 is 10.2 Å². The van der Waals surface area contributed by atoms with Crippen molar-refractivity contribution in [1.29, 1.82) is 0 Å². The number of fused-ring (bicyclic) bond motifs is 1. The maximum absolute atomic E-state index is 12.9. The highest BCUT2D eigenvalue weighted by Gasteiger charge is 2.21. The molecule has 1 amide bonds. The molecule has 9 heteroatoms. The normalized spacial score (nSPS) is 14.5. The minimum Gasteiger partial charge on any atom is -0.367 e. The van der Waals surface area contributed by atoms with Crippen LogP contribution in [0.4, 0.5) is 11.4 Å². The Labute approximate surface area is 192 Å². The highest BCUT2D eigenvalue weighted by Crippen LogP contribution is 2.27. The van der Waals surface area contributed by atoms with E-state index in [0.717, 1.165) is 56.2 Å². The first-order chi connectivity index (χ1) is 16.2. The van der Waals surface area contributed by atoms with Crippen molar-refractivity contribution < 1.29 is 4.79 Å². The first-order valence-electron chi connectivity index (χ1n) is 11.1. The SMILES string of the molecule is Cc1ccnc2nc(C(=O)Nc3ccccc3N3CCN(CCc4ccncc4)CC3)nn12. The lowest BCUT2D eigenvalue weighted by molar-refractivity contribution is 0.101. The first-order valence-corrected chi connectivity index (χ1v) is 11.1. The molecule has 0 saturated carbocycles. The monoisotopic (exact) mass is 442 g/mol. The number of aromatic nitrogens is 5. The van der Waals surface area contributed by atoms with E-state index in [9.17, 15) is 4.79 Å². The van der Waals surface area contributed by atoms with Crippen LogP contribution in [0.1, 0.15) is 21.9 Å². The van der Waals surface area contributed by atoms with Crippen LogP contribution >= 0.6 is 0 Å². The standard InChI is InChI=1S/C24H26N8O/c1-18-6-12-26-24-28-22(29-32(18)24)23(33)27-20-4-2-3-5-21(20)31-16-14-30(15-17-31)13-9-19-7-10-25-11-8-19/h2-8,10-12H,9,13-17H2,1H3,(H,27,33). The molecule has 3 aromatic heterocycles. The van der Waals surface area contributed by atoms with E-state index in [-0.39, 0.29) is 11.7 Å². The van der Waals surface area contributed by atoms with Crippen molar-refractivity contribution in [2.75, 3.05) is 42.9 Å². The summed E-state index contributed by atoms with van der Waals surface area (Å²) in [4.78, 5) is 30.2. The second-order valence-electron chi connectivity index (χ2n) is 8.14. The first kappa shape index (κ1) is 21.0. The molecule has 0 spiro atoms. The maximum atomic E-state index is 12.9. The maximum Gasteiger partial charge on any atom is 0.295 e. The van der Waals surface area contributed by atoms with Crippen LogP contribution in [0, 0.1) is 6.92 Å². The summed E-state index contributed by atoms with van der Waals surface area (Å²) in [5.74, 6) is 0.173. The van der Waals surface area contributed by atoms with Crippen LogP contribution < -0.4 is 10.2 Å². The van der Waals surface area contributed by atoms with Crippen LogP contribution in [0.5, 0.6) is 0 Å². The summed E-state index contributed by atoms with van der Waals surface area (Å²) in [6.07, 6.45) is 6.37. The summed E-state index contributed by atoms with van der Waals surface area (Å²) in [5.41, 5.74) is 3.95. The van der Waals surface area contributed by atoms with E-state index < -0.39 is 0 Å². The molecule has 1 aliphatic heterocycles. The number of carbonyl (C=O) groups excluding carboxylic acids is 1. The number of anilines is 2. The third-order valence-electron chi connectivity index (χ3n) is 5.96. The molecule has 9 nitrogen and oxygen atoms in total. The van der Waals surface area contributed by atoms with Crippen molar-refractivity contribution in [3.63, 3.8) is 0 Å². The van der Waals surface area contributed by atoms with Gasteiger partial charge in [0.2, 0.25) is 5.82 Å². The van der Waals surface area contributed by atoms with Gasteiger partial charge in [-0.1, -0.05) is 12.1 Å². The zero-order valence-corrected chi connectivity index (χ0v) is 18.6. The number of amides is 1. The zero-order valence-electron chi connectivity index (χ0n) is 18.6. The molecular formula is C24H26N8O. The number of rotatable bonds is 6. The van der Waals surface area contributed by atoms with Crippen molar-refractivity contribution >= 4 is 23.1 Å². The van der Waals surface area contributed by atoms with Gasteiger partial charge in [0, 0.05) is 57.0 Å². The van der Waals surface area contributed by atoms with Gasteiger partial charge in [0.15, 0.2) is 0 Å². The van der Waals surface area contributed by atoms with E-state index >= 15 is 0 Å². The summed E-state index contributed by atoms with van der Waals surface area (Å²) in [6, 6.07) is 13.9. The molecule has 4 heterocycles. The molecule has 33 heavy (non-hydrogen) atoms. The number of piperazine rings is 1. The minimum atomic E-state index is -0.344. The molecule has 1 saturated heterocycles. The number of nitrogens with zero attached hydrogens (tertiary/aromatic N) is 7.